The average Bonchev–Trinajstić information content (AvgIpc) is 3.18. The van der Waals surface area contributed by atoms with Crippen molar-refractivity contribution in [2.45, 2.75) is 121 Å². The van der Waals surface area contributed by atoms with E-state index in [4.69, 9.17) is 33.2 Å². The van der Waals surface area contributed by atoms with E-state index in [-0.39, 0.29) is 11.1 Å². The third kappa shape index (κ3) is 7.48. The number of hydrogen-bond acceptors (Lipinski definition) is 13. The fourth-order valence-corrected chi connectivity index (χ4v) is 5.51. The summed E-state index contributed by atoms with van der Waals surface area (Å²) in [6, 6.07) is 15.3. The molecule has 13 heteroatoms. The summed E-state index contributed by atoms with van der Waals surface area (Å²) in [5.41, 5.74) is -10.4. The largest absolute Gasteiger partial charge is 0.458 e. The molecule has 2 aliphatic heterocycles. The van der Waals surface area contributed by atoms with Crippen LogP contribution in [-0.2, 0) is 47.5 Å². The molecule has 266 valence electrons. The number of aliphatic hydroxyl groups is 1. The van der Waals surface area contributed by atoms with Gasteiger partial charge >= 0.3 is 29.8 Å². The number of esters is 5. The monoisotopic (exact) mass is 684 g/mol. The Morgan fingerprint density at radius 3 is 1.47 bits per heavy atom. The van der Waals surface area contributed by atoms with Gasteiger partial charge in [0.05, 0.1) is 11.1 Å². The highest BCUT2D eigenvalue weighted by molar-refractivity contribution is 6.00. The van der Waals surface area contributed by atoms with Gasteiger partial charge in [-0.05, 0) is 93.5 Å². The highest BCUT2D eigenvalue weighted by Crippen LogP contribution is 2.56. The molecule has 0 aliphatic carbocycles. The van der Waals surface area contributed by atoms with Gasteiger partial charge in [-0.15, -0.1) is 0 Å². The molecule has 2 heterocycles. The van der Waals surface area contributed by atoms with Crippen molar-refractivity contribution in [3.05, 3.63) is 71.8 Å². The molecule has 0 amide bonds. The molecule has 2 bridgehead atoms. The van der Waals surface area contributed by atoms with Crippen molar-refractivity contribution in [1.29, 1.82) is 0 Å². The Kier molecular flexibility index (Phi) is 9.83. The Morgan fingerprint density at radius 1 is 0.633 bits per heavy atom. The van der Waals surface area contributed by atoms with Crippen LogP contribution in [0.3, 0.4) is 0 Å². The van der Waals surface area contributed by atoms with E-state index in [2.05, 4.69) is 0 Å². The Labute approximate surface area is 285 Å². The van der Waals surface area contributed by atoms with Gasteiger partial charge in [-0.3, -0.25) is 0 Å². The summed E-state index contributed by atoms with van der Waals surface area (Å²) >= 11 is 0. The topological polar surface area (TPSA) is 170 Å². The fraction of sp³-hybridized carbons (Fsp3) is 0.528. The molecule has 2 aromatic rings. The van der Waals surface area contributed by atoms with Crippen LogP contribution in [0.15, 0.2) is 60.7 Å². The zero-order valence-electron chi connectivity index (χ0n) is 29.4. The van der Waals surface area contributed by atoms with Gasteiger partial charge in [-0.1, -0.05) is 36.4 Å². The zero-order valence-corrected chi connectivity index (χ0v) is 29.4. The zero-order chi connectivity index (χ0) is 36.8. The summed E-state index contributed by atoms with van der Waals surface area (Å²) in [6.45, 7) is 14.8. The first-order valence-electron chi connectivity index (χ1n) is 15.8. The number of carbonyl (C=O) groups excluding carboxylic acids is 5. The summed E-state index contributed by atoms with van der Waals surface area (Å²) in [5, 5.41) is 12.8. The quantitative estimate of drug-likeness (QED) is 0.327. The van der Waals surface area contributed by atoms with Crippen LogP contribution in [0.4, 0.5) is 0 Å². The molecule has 0 aromatic heterocycles. The average molecular weight is 685 g/mol. The lowest BCUT2D eigenvalue weighted by Gasteiger charge is -2.50. The predicted molar refractivity (Wildman–Crippen MR) is 171 cm³/mol. The van der Waals surface area contributed by atoms with Crippen LogP contribution in [0.2, 0.25) is 0 Å². The lowest BCUT2D eigenvalue weighted by Crippen LogP contribution is -2.79. The normalized spacial score (nSPS) is 28.2. The smallest absolute Gasteiger partial charge is 0.347 e. The first kappa shape index (κ1) is 37.5. The van der Waals surface area contributed by atoms with Crippen LogP contribution in [-0.4, -0.2) is 87.1 Å². The predicted octanol–water partition coefficient (Wildman–Crippen LogP) is 4.08. The van der Waals surface area contributed by atoms with Crippen LogP contribution in [0.5, 0.6) is 0 Å². The maximum atomic E-state index is 14.6. The minimum Gasteiger partial charge on any atom is -0.458 e. The minimum atomic E-state index is -3.47. The van der Waals surface area contributed by atoms with Gasteiger partial charge in [0.25, 0.3) is 5.60 Å². The highest BCUT2D eigenvalue weighted by atomic mass is 16.8. The molecule has 6 atom stereocenters. The van der Waals surface area contributed by atoms with Gasteiger partial charge < -0.3 is 38.3 Å². The number of hydrogen-bond donors (Lipinski definition) is 1. The Hall–Kier alpha value is -4.33. The molecule has 0 saturated carbocycles. The summed E-state index contributed by atoms with van der Waals surface area (Å²) in [7, 11) is 0. The molecule has 2 fully saturated rings. The van der Waals surface area contributed by atoms with Gasteiger partial charge in [0.15, 0.2) is 12.2 Å². The molecule has 0 spiro atoms. The molecule has 13 nitrogen and oxygen atoms in total. The Bertz CT molecular complexity index is 1580. The molecule has 49 heavy (non-hydrogen) atoms. The third-order valence-corrected chi connectivity index (χ3v) is 7.37. The number of ether oxygens (including phenoxy) is 7. The molecular weight excluding hydrogens is 640 g/mol. The molecule has 0 unspecified atom stereocenters. The van der Waals surface area contributed by atoms with Crippen molar-refractivity contribution in [3.8, 4) is 0 Å². The van der Waals surface area contributed by atoms with Crippen molar-refractivity contribution < 1.29 is 62.2 Å². The summed E-state index contributed by atoms with van der Waals surface area (Å²) in [4.78, 5) is 70.3. The molecule has 2 aromatic carbocycles. The maximum Gasteiger partial charge on any atom is 0.347 e. The third-order valence-electron chi connectivity index (χ3n) is 7.37. The summed E-state index contributed by atoms with van der Waals surface area (Å²) < 4.78 is 41.0. The molecule has 2 saturated heterocycles. The standard InChI is InChI=1S/C36H44O13/c1-31(2,3)46-28(39)25-35(42,29(40)47-32(4,5)6)36(30(41)48-33(7,8)9)24(44-27(38)22-19-15-12-16-20-22)23(34(10,45-25)49-36)43-26(37)21-17-13-11-14-18-21/h11-20,23-25,42H,1-10H3/t23-,24-,25-,34-,35-,36-/m1/s1. The van der Waals surface area contributed by atoms with Crippen molar-refractivity contribution in [1.82, 2.24) is 0 Å². The number of rotatable bonds is 7. The van der Waals surface area contributed by atoms with Gasteiger partial charge in [0, 0.05) is 0 Å². The summed E-state index contributed by atoms with van der Waals surface area (Å²) in [5.74, 6) is -8.69. The van der Waals surface area contributed by atoms with Crippen LogP contribution in [0, 0.1) is 0 Å². The molecular formula is C36H44O13. The van der Waals surface area contributed by atoms with Gasteiger partial charge in [-0.25, -0.2) is 24.0 Å². The first-order valence-corrected chi connectivity index (χ1v) is 15.8. The number of carbonyl (C=O) groups is 5. The minimum absolute atomic E-state index is 0.00741. The lowest BCUT2D eigenvalue weighted by atomic mass is 9.74. The van der Waals surface area contributed by atoms with E-state index in [1.165, 1.54) is 93.5 Å². The number of benzene rings is 2. The van der Waals surface area contributed by atoms with Crippen LogP contribution < -0.4 is 0 Å². The second-order valence-corrected chi connectivity index (χ2v) is 15.0. The molecule has 4 rings (SSSR count). The molecule has 0 radical (unpaired) electrons. The van der Waals surface area contributed by atoms with Crippen LogP contribution >= 0.6 is 0 Å². The Balaban J connectivity index is 2.05. The molecule has 1 N–H and O–H groups in total. The second-order valence-electron chi connectivity index (χ2n) is 15.0. The number of fused-ring (bicyclic) bond motifs is 2. The van der Waals surface area contributed by atoms with Crippen molar-refractivity contribution in [2.75, 3.05) is 0 Å². The van der Waals surface area contributed by atoms with E-state index < -0.39 is 82.0 Å². The second kappa shape index (κ2) is 12.8. The van der Waals surface area contributed by atoms with Crippen LogP contribution in [0.1, 0.15) is 90.0 Å². The van der Waals surface area contributed by atoms with E-state index in [9.17, 15) is 29.1 Å². The van der Waals surface area contributed by atoms with E-state index >= 15 is 0 Å². The van der Waals surface area contributed by atoms with Crippen molar-refractivity contribution in [3.63, 3.8) is 0 Å². The van der Waals surface area contributed by atoms with Gasteiger partial charge in [0.2, 0.25) is 17.5 Å². The van der Waals surface area contributed by atoms with Crippen molar-refractivity contribution >= 4 is 29.8 Å². The summed E-state index contributed by atoms with van der Waals surface area (Å²) in [6.07, 6.45) is -6.45. The van der Waals surface area contributed by atoms with E-state index in [0.717, 1.165) is 0 Å². The Morgan fingerprint density at radius 2 is 1.04 bits per heavy atom. The van der Waals surface area contributed by atoms with E-state index in [0.29, 0.717) is 0 Å². The highest BCUT2D eigenvalue weighted by Gasteiger charge is 2.87. The van der Waals surface area contributed by atoms with Gasteiger partial charge in [-0.2, -0.15) is 0 Å². The maximum absolute atomic E-state index is 14.6. The molecule has 2 aliphatic rings. The first-order chi connectivity index (χ1) is 22.4. The van der Waals surface area contributed by atoms with Crippen molar-refractivity contribution in [2.24, 2.45) is 0 Å². The lowest BCUT2D eigenvalue weighted by molar-refractivity contribution is -0.370. The van der Waals surface area contributed by atoms with E-state index in [1.807, 2.05) is 0 Å². The van der Waals surface area contributed by atoms with E-state index in [1.54, 1.807) is 36.4 Å². The van der Waals surface area contributed by atoms with Crippen LogP contribution in [0.25, 0.3) is 0 Å². The van der Waals surface area contributed by atoms with Gasteiger partial charge in [0.1, 0.15) is 16.8 Å². The fourth-order valence-electron chi connectivity index (χ4n) is 5.51. The SMILES string of the molecule is CC(C)(C)OC(=O)[C@H]1O[C@]2(C)O[C@@](C(=O)OC(C)(C)C)([C@H](OC(=O)c3ccccc3)[C@H]2OC(=O)c2ccccc2)[C@]1(O)C(=O)OC(C)(C)C.